The minimum atomic E-state index is -0.481. The molecule has 0 aliphatic carbocycles. The summed E-state index contributed by atoms with van der Waals surface area (Å²) in [4.78, 5) is 36.6. The van der Waals surface area contributed by atoms with E-state index >= 15 is 0 Å². The zero-order valence-corrected chi connectivity index (χ0v) is 13.4. The lowest BCUT2D eigenvalue weighted by molar-refractivity contribution is -0.117. The Bertz CT molecular complexity index is 616. The van der Waals surface area contributed by atoms with Crippen molar-refractivity contribution in [2.24, 2.45) is 0 Å². The Morgan fingerprint density at radius 3 is 2.64 bits per heavy atom. The van der Waals surface area contributed by atoms with Crippen molar-refractivity contribution in [3.05, 3.63) is 23.8 Å². The summed E-state index contributed by atoms with van der Waals surface area (Å²) in [5.41, 5.74) is 0.857. The Labute approximate surface area is 132 Å². The molecule has 6 nitrogen and oxygen atoms in total. The topological polar surface area (TPSA) is 72.9 Å². The number of benzene rings is 1. The van der Waals surface area contributed by atoms with Crippen LogP contribution in [0.3, 0.4) is 0 Å². The average molecular weight is 323 g/mol. The van der Waals surface area contributed by atoms with Gasteiger partial charge in [-0.15, -0.1) is 0 Å². The number of hydrogen-bond donors (Lipinski definition) is 0. The number of ether oxygens (including phenoxy) is 2. The minimum absolute atomic E-state index is 0.0186. The van der Waals surface area contributed by atoms with Gasteiger partial charge in [0.1, 0.15) is 5.75 Å². The summed E-state index contributed by atoms with van der Waals surface area (Å²) >= 11 is 1.16. The minimum Gasteiger partial charge on any atom is -0.495 e. The van der Waals surface area contributed by atoms with E-state index in [1.807, 2.05) is 0 Å². The normalized spacial score (nSPS) is 17.5. The summed E-state index contributed by atoms with van der Waals surface area (Å²) in [7, 11) is 2.80. The molecule has 7 heteroatoms. The molecule has 1 aliphatic rings. The zero-order chi connectivity index (χ0) is 16.3. The molecule has 1 fully saturated rings. The zero-order valence-electron chi connectivity index (χ0n) is 12.6. The van der Waals surface area contributed by atoms with E-state index in [1.54, 1.807) is 23.1 Å². The SMILES string of the molecule is COC(=O)c1ccc(OC)c(N2CC(SC(C)=O)CC2=O)c1. The summed E-state index contributed by atoms with van der Waals surface area (Å²) in [5.74, 6) is -0.0845. The molecule has 118 valence electrons. The van der Waals surface area contributed by atoms with Crippen molar-refractivity contribution >= 4 is 34.4 Å². The van der Waals surface area contributed by atoms with Gasteiger partial charge in [-0.3, -0.25) is 9.59 Å². The van der Waals surface area contributed by atoms with Gasteiger partial charge in [-0.05, 0) is 18.2 Å². The molecule has 22 heavy (non-hydrogen) atoms. The molecular formula is C15H17NO5S. The van der Waals surface area contributed by atoms with Gasteiger partial charge in [0, 0.05) is 25.1 Å². The number of rotatable bonds is 4. The van der Waals surface area contributed by atoms with Crippen LogP contribution in [0.1, 0.15) is 23.7 Å². The molecule has 1 aromatic rings. The van der Waals surface area contributed by atoms with Crippen molar-refractivity contribution in [2.45, 2.75) is 18.6 Å². The Kier molecular flexibility index (Phi) is 5.07. The summed E-state index contributed by atoms with van der Waals surface area (Å²) in [6, 6.07) is 4.78. The lowest BCUT2D eigenvalue weighted by Gasteiger charge is -2.20. The Hall–Kier alpha value is -2.02. The standard InChI is InChI=1S/C15H17NO5S/c1-9(17)22-11-7-14(18)16(8-11)12-6-10(15(19)21-3)4-5-13(12)20-2/h4-6,11H,7-8H2,1-3H3. The van der Waals surface area contributed by atoms with Crippen molar-refractivity contribution in [1.29, 1.82) is 0 Å². The van der Waals surface area contributed by atoms with E-state index < -0.39 is 5.97 Å². The second-order valence-corrected chi connectivity index (χ2v) is 6.30. The van der Waals surface area contributed by atoms with Crippen molar-refractivity contribution in [1.82, 2.24) is 0 Å². The average Bonchev–Trinajstić information content (AvgIpc) is 2.85. The maximum absolute atomic E-state index is 12.2. The first-order valence-corrected chi connectivity index (χ1v) is 7.58. The maximum atomic E-state index is 12.2. The van der Waals surface area contributed by atoms with Crippen LogP contribution in [-0.2, 0) is 14.3 Å². The van der Waals surface area contributed by atoms with Gasteiger partial charge in [0.15, 0.2) is 5.12 Å². The van der Waals surface area contributed by atoms with Crippen LogP contribution in [0.2, 0.25) is 0 Å². The van der Waals surface area contributed by atoms with Crippen molar-refractivity contribution in [2.75, 3.05) is 25.7 Å². The van der Waals surface area contributed by atoms with E-state index in [-0.39, 0.29) is 22.7 Å². The molecule has 0 bridgehead atoms. The predicted molar refractivity (Wildman–Crippen MR) is 83.4 cm³/mol. The number of methoxy groups -OCH3 is 2. The number of hydrogen-bond acceptors (Lipinski definition) is 6. The summed E-state index contributed by atoms with van der Waals surface area (Å²) < 4.78 is 9.97. The highest BCUT2D eigenvalue weighted by atomic mass is 32.2. The van der Waals surface area contributed by atoms with E-state index in [0.29, 0.717) is 23.5 Å². The van der Waals surface area contributed by atoms with Gasteiger partial charge in [-0.1, -0.05) is 11.8 Å². The third-order valence-corrected chi connectivity index (χ3v) is 4.29. The van der Waals surface area contributed by atoms with Crippen LogP contribution in [0.5, 0.6) is 5.75 Å². The van der Waals surface area contributed by atoms with Gasteiger partial charge in [-0.2, -0.15) is 0 Å². The monoisotopic (exact) mass is 323 g/mol. The van der Waals surface area contributed by atoms with Crippen LogP contribution in [0.4, 0.5) is 5.69 Å². The number of nitrogens with zero attached hydrogens (tertiary/aromatic N) is 1. The molecule has 1 aromatic carbocycles. The van der Waals surface area contributed by atoms with Gasteiger partial charge in [0.25, 0.3) is 0 Å². The Balaban J connectivity index is 2.32. The predicted octanol–water partition coefficient (Wildman–Crippen LogP) is 1.87. The first kappa shape index (κ1) is 16.4. The molecule has 0 spiro atoms. The van der Waals surface area contributed by atoms with Crippen molar-refractivity contribution in [3.8, 4) is 5.75 Å². The van der Waals surface area contributed by atoms with Crippen molar-refractivity contribution in [3.63, 3.8) is 0 Å². The van der Waals surface area contributed by atoms with Gasteiger partial charge >= 0.3 is 5.97 Å². The van der Waals surface area contributed by atoms with Gasteiger partial charge in [0.05, 0.1) is 25.5 Å². The van der Waals surface area contributed by atoms with E-state index in [4.69, 9.17) is 9.47 Å². The van der Waals surface area contributed by atoms with E-state index in [9.17, 15) is 14.4 Å². The number of esters is 1. The first-order chi connectivity index (χ1) is 10.5. The highest BCUT2D eigenvalue weighted by Gasteiger charge is 2.33. The largest absolute Gasteiger partial charge is 0.495 e. The van der Waals surface area contributed by atoms with Gasteiger partial charge < -0.3 is 14.4 Å². The molecule has 1 saturated heterocycles. The second kappa shape index (κ2) is 6.83. The highest BCUT2D eigenvalue weighted by Crippen LogP contribution is 2.35. The van der Waals surface area contributed by atoms with Crippen LogP contribution in [0, 0.1) is 0 Å². The van der Waals surface area contributed by atoms with Crippen LogP contribution < -0.4 is 9.64 Å². The van der Waals surface area contributed by atoms with E-state index in [2.05, 4.69) is 0 Å². The van der Waals surface area contributed by atoms with Crippen molar-refractivity contribution < 1.29 is 23.9 Å². The summed E-state index contributed by atoms with van der Waals surface area (Å²) in [6.45, 7) is 1.89. The molecule has 1 atom stereocenters. The third-order valence-electron chi connectivity index (χ3n) is 3.31. The molecule has 1 aliphatic heterocycles. The Morgan fingerprint density at radius 2 is 2.05 bits per heavy atom. The van der Waals surface area contributed by atoms with Gasteiger partial charge in [0.2, 0.25) is 5.91 Å². The molecule has 0 radical (unpaired) electrons. The molecule has 1 unspecified atom stereocenters. The molecule has 0 aromatic heterocycles. The Morgan fingerprint density at radius 1 is 1.32 bits per heavy atom. The first-order valence-electron chi connectivity index (χ1n) is 6.70. The molecule has 0 N–H and O–H groups in total. The van der Waals surface area contributed by atoms with E-state index in [1.165, 1.54) is 21.1 Å². The smallest absolute Gasteiger partial charge is 0.337 e. The lowest BCUT2D eigenvalue weighted by atomic mass is 10.1. The number of carbonyl (C=O) groups excluding carboxylic acids is 3. The number of thioether (sulfide) groups is 1. The molecule has 2 rings (SSSR count). The van der Waals surface area contributed by atoms with Crippen LogP contribution >= 0.6 is 11.8 Å². The number of carbonyl (C=O) groups is 3. The fourth-order valence-electron chi connectivity index (χ4n) is 2.37. The summed E-state index contributed by atoms with van der Waals surface area (Å²) in [5, 5.41) is -0.105. The quantitative estimate of drug-likeness (QED) is 0.788. The second-order valence-electron chi connectivity index (χ2n) is 4.82. The number of amides is 1. The summed E-state index contributed by atoms with van der Waals surface area (Å²) in [6.07, 6.45) is 0.288. The fourth-order valence-corrected chi connectivity index (χ4v) is 3.29. The highest BCUT2D eigenvalue weighted by molar-refractivity contribution is 8.14. The van der Waals surface area contributed by atoms with Crippen LogP contribution in [-0.4, -0.2) is 43.0 Å². The fraction of sp³-hybridized carbons (Fsp3) is 0.400. The lowest BCUT2D eigenvalue weighted by Crippen LogP contribution is -2.25. The number of anilines is 1. The van der Waals surface area contributed by atoms with Crippen LogP contribution in [0.15, 0.2) is 18.2 Å². The maximum Gasteiger partial charge on any atom is 0.337 e. The molecular weight excluding hydrogens is 306 g/mol. The molecule has 0 saturated carbocycles. The third kappa shape index (κ3) is 3.41. The van der Waals surface area contributed by atoms with Gasteiger partial charge in [-0.25, -0.2) is 4.79 Å². The van der Waals surface area contributed by atoms with Crippen LogP contribution in [0.25, 0.3) is 0 Å². The molecule has 1 heterocycles. The molecule has 1 amide bonds. The van der Waals surface area contributed by atoms with E-state index in [0.717, 1.165) is 11.8 Å².